The molecule has 1 heterocycles. The number of carboxylic acid groups (broad SMARTS) is 1. The zero-order chi connectivity index (χ0) is 16.9. The molecular formula is C19H19NO4. The number of rotatable bonds is 6. The highest BCUT2D eigenvalue weighted by Gasteiger charge is 2.35. The van der Waals surface area contributed by atoms with E-state index in [1.807, 2.05) is 36.4 Å². The van der Waals surface area contributed by atoms with Crippen LogP contribution >= 0.6 is 0 Å². The lowest BCUT2D eigenvalue weighted by Gasteiger charge is -2.34. The molecule has 0 radical (unpaired) electrons. The second kappa shape index (κ2) is 7.17. The minimum Gasteiger partial charge on any atom is -0.481 e. The fourth-order valence-electron chi connectivity index (χ4n) is 2.88. The summed E-state index contributed by atoms with van der Waals surface area (Å²) in [5.41, 5.74) is 1.92. The van der Waals surface area contributed by atoms with Crippen LogP contribution in [0.25, 0.3) is 0 Å². The lowest BCUT2D eigenvalue weighted by atomic mass is 10.1. The van der Waals surface area contributed by atoms with E-state index >= 15 is 0 Å². The lowest BCUT2D eigenvalue weighted by molar-refractivity contribution is -0.142. The zero-order valence-corrected chi connectivity index (χ0v) is 13.2. The highest BCUT2D eigenvalue weighted by Crippen LogP contribution is 2.34. The molecule has 0 aliphatic carbocycles. The standard InChI is InChI=1S/C19H19NO4/c21-18(22)13-17-19(23)20(15-10-4-5-11-16(15)24-17)12-6-9-14-7-2-1-3-8-14/h1-5,7-8,10-11,17H,6,9,12-13H2,(H,21,22). The van der Waals surface area contributed by atoms with Crippen LogP contribution in [-0.4, -0.2) is 29.6 Å². The summed E-state index contributed by atoms with van der Waals surface area (Å²) < 4.78 is 5.58. The SMILES string of the molecule is O=C(O)CC1Oc2ccccc2N(CCCc2ccccc2)C1=O. The van der Waals surface area contributed by atoms with Crippen molar-refractivity contribution in [1.29, 1.82) is 0 Å². The number of carboxylic acids is 1. The number of hydrogen-bond acceptors (Lipinski definition) is 3. The van der Waals surface area contributed by atoms with E-state index in [1.54, 1.807) is 11.0 Å². The summed E-state index contributed by atoms with van der Waals surface area (Å²) in [6.07, 6.45) is 0.359. The van der Waals surface area contributed by atoms with E-state index in [4.69, 9.17) is 9.84 Å². The highest BCUT2D eigenvalue weighted by atomic mass is 16.5. The first-order valence-electron chi connectivity index (χ1n) is 7.98. The molecule has 1 N–H and O–H groups in total. The number of nitrogens with zero attached hydrogens (tertiary/aromatic N) is 1. The Morgan fingerprint density at radius 2 is 1.79 bits per heavy atom. The largest absolute Gasteiger partial charge is 0.481 e. The number of carbonyl (C=O) groups excluding carboxylic acids is 1. The summed E-state index contributed by atoms with van der Waals surface area (Å²) >= 11 is 0. The number of hydrogen-bond donors (Lipinski definition) is 1. The van der Waals surface area contributed by atoms with Crippen LogP contribution in [0, 0.1) is 0 Å². The first-order valence-corrected chi connectivity index (χ1v) is 7.98. The summed E-state index contributed by atoms with van der Waals surface area (Å²) in [7, 11) is 0. The molecule has 124 valence electrons. The molecule has 5 nitrogen and oxygen atoms in total. The van der Waals surface area contributed by atoms with Gasteiger partial charge < -0.3 is 14.7 Å². The van der Waals surface area contributed by atoms with E-state index < -0.39 is 12.1 Å². The average molecular weight is 325 g/mol. The van der Waals surface area contributed by atoms with E-state index in [0.29, 0.717) is 18.0 Å². The quantitative estimate of drug-likeness (QED) is 0.887. The fourth-order valence-corrected chi connectivity index (χ4v) is 2.88. The van der Waals surface area contributed by atoms with Gasteiger partial charge in [0.1, 0.15) is 5.75 Å². The molecule has 1 aliphatic heterocycles. The monoisotopic (exact) mass is 325 g/mol. The number of aliphatic carboxylic acids is 1. The predicted molar refractivity (Wildman–Crippen MR) is 90.2 cm³/mol. The van der Waals surface area contributed by atoms with Crippen molar-refractivity contribution in [1.82, 2.24) is 0 Å². The van der Waals surface area contributed by atoms with Crippen LogP contribution in [0.15, 0.2) is 54.6 Å². The molecule has 2 aromatic carbocycles. The number of fused-ring (bicyclic) bond motifs is 1. The van der Waals surface area contributed by atoms with Crippen molar-refractivity contribution < 1.29 is 19.4 Å². The minimum atomic E-state index is -1.04. The Labute approximate surface area is 140 Å². The molecule has 0 saturated carbocycles. The van der Waals surface area contributed by atoms with Gasteiger partial charge in [0.05, 0.1) is 12.1 Å². The Hall–Kier alpha value is -2.82. The molecule has 0 saturated heterocycles. The summed E-state index contributed by atoms with van der Waals surface area (Å²) in [6, 6.07) is 17.3. The van der Waals surface area contributed by atoms with Gasteiger partial charge in [-0.25, -0.2) is 0 Å². The smallest absolute Gasteiger partial charge is 0.307 e. The number of benzene rings is 2. The van der Waals surface area contributed by atoms with Gasteiger partial charge in [0.15, 0.2) is 6.10 Å². The van der Waals surface area contributed by atoms with Crippen LogP contribution in [-0.2, 0) is 16.0 Å². The molecule has 3 rings (SSSR count). The molecule has 1 aliphatic rings. The molecule has 0 fully saturated rings. The van der Waals surface area contributed by atoms with Crippen molar-refractivity contribution >= 4 is 17.6 Å². The van der Waals surface area contributed by atoms with Gasteiger partial charge in [-0.05, 0) is 30.5 Å². The number of amides is 1. The van der Waals surface area contributed by atoms with Gasteiger partial charge in [-0.15, -0.1) is 0 Å². The molecule has 0 bridgehead atoms. The number of anilines is 1. The lowest BCUT2D eigenvalue weighted by Crippen LogP contribution is -2.47. The maximum atomic E-state index is 12.6. The Bertz CT molecular complexity index is 729. The average Bonchev–Trinajstić information content (AvgIpc) is 2.58. The van der Waals surface area contributed by atoms with Crippen LogP contribution in [0.2, 0.25) is 0 Å². The van der Waals surface area contributed by atoms with E-state index in [0.717, 1.165) is 12.8 Å². The van der Waals surface area contributed by atoms with Gasteiger partial charge in [0.2, 0.25) is 0 Å². The molecule has 1 unspecified atom stereocenters. The number of ether oxygens (including phenoxy) is 1. The van der Waals surface area contributed by atoms with E-state index in [2.05, 4.69) is 12.1 Å². The second-order valence-electron chi connectivity index (χ2n) is 5.75. The fraction of sp³-hybridized carbons (Fsp3) is 0.263. The molecule has 2 aromatic rings. The Kier molecular flexibility index (Phi) is 4.79. The number of carbonyl (C=O) groups is 2. The third-order valence-electron chi connectivity index (χ3n) is 4.02. The van der Waals surface area contributed by atoms with Crippen molar-refractivity contribution in [2.45, 2.75) is 25.4 Å². The maximum Gasteiger partial charge on any atom is 0.307 e. The van der Waals surface area contributed by atoms with Crippen LogP contribution in [0.4, 0.5) is 5.69 Å². The number of aryl methyl sites for hydroxylation is 1. The van der Waals surface area contributed by atoms with Crippen LogP contribution < -0.4 is 9.64 Å². The van der Waals surface area contributed by atoms with Crippen molar-refractivity contribution in [3.63, 3.8) is 0 Å². The van der Waals surface area contributed by atoms with Crippen LogP contribution in [0.3, 0.4) is 0 Å². The summed E-state index contributed by atoms with van der Waals surface area (Å²) in [5, 5.41) is 8.99. The third-order valence-corrected chi connectivity index (χ3v) is 4.02. The zero-order valence-electron chi connectivity index (χ0n) is 13.2. The van der Waals surface area contributed by atoms with Crippen molar-refractivity contribution in [2.24, 2.45) is 0 Å². The van der Waals surface area contributed by atoms with Gasteiger partial charge in [0, 0.05) is 6.54 Å². The van der Waals surface area contributed by atoms with Crippen molar-refractivity contribution in [3.8, 4) is 5.75 Å². The predicted octanol–water partition coefficient (Wildman–Crippen LogP) is 2.89. The van der Waals surface area contributed by atoms with Crippen molar-refractivity contribution in [3.05, 3.63) is 60.2 Å². The first kappa shape index (κ1) is 16.1. The van der Waals surface area contributed by atoms with Gasteiger partial charge >= 0.3 is 5.97 Å². The maximum absolute atomic E-state index is 12.6. The van der Waals surface area contributed by atoms with E-state index in [1.165, 1.54) is 5.56 Å². The van der Waals surface area contributed by atoms with Gasteiger partial charge in [-0.2, -0.15) is 0 Å². The first-order chi connectivity index (χ1) is 11.6. The molecular weight excluding hydrogens is 306 g/mol. The second-order valence-corrected chi connectivity index (χ2v) is 5.75. The Balaban J connectivity index is 1.74. The molecule has 1 atom stereocenters. The summed E-state index contributed by atoms with van der Waals surface area (Å²) in [6.45, 7) is 0.532. The highest BCUT2D eigenvalue weighted by molar-refractivity contribution is 6.01. The van der Waals surface area contributed by atoms with E-state index in [-0.39, 0.29) is 12.3 Å². The molecule has 0 spiro atoms. The van der Waals surface area contributed by atoms with Gasteiger partial charge in [0.25, 0.3) is 5.91 Å². The van der Waals surface area contributed by atoms with Crippen LogP contribution in [0.1, 0.15) is 18.4 Å². The minimum absolute atomic E-state index is 0.288. The molecule has 24 heavy (non-hydrogen) atoms. The number of para-hydroxylation sites is 2. The third kappa shape index (κ3) is 3.56. The van der Waals surface area contributed by atoms with Crippen LogP contribution in [0.5, 0.6) is 5.75 Å². The van der Waals surface area contributed by atoms with E-state index in [9.17, 15) is 9.59 Å². The normalized spacial score (nSPS) is 16.4. The summed E-state index contributed by atoms with van der Waals surface area (Å²) in [5.74, 6) is -0.774. The Morgan fingerprint density at radius 1 is 1.08 bits per heavy atom. The molecule has 5 heteroatoms. The molecule has 1 amide bonds. The Morgan fingerprint density at radius 3 is 2.54 bits per heavy atom. The summed E-state index contributed by atoms with van der Waals surface area (Å²) in [4.78, 5) is 25.2. The van der Waals surface area contributed by atoms with Crippen molar-refractivity contribution in [2.75, 3.05) is 11.4 Å². The van der Waals surface area contributed by atoms with Gasteiger partial charge in [-0.3, -0.25) is 9.59 Å². The molecule has 0 aromatic heterocycles. The topological polar surface area (TPSA) is 66.8 Å². The van der Waals surface area contributed by atoms with Gasteiger partial charge in [-0.1, -0.05) is 42.5 Å².